The first-order chi connectivity index (χ1) is 12.7. The van der Waals surface area contributed by atoms with Gasteiger partial charge in [0, 0.05) is 7.05 Å². The van der Waals surface area contributed by atoms with Crippen molar-refractivity contribution in [3.05, 3.63) is 72.8 Å². The molecule has 2 aromatic carbocycles. The van der Waals surface area contributed by atoms with Crippen LogP contribution in [0.4, 0.5) is 5.95 Å². The van der Waals surface area contributed by atoms with E-state index in [4.69, 9.17) is 0 Å². The molecule has 0 radical (unpaired) electrons. The molecule has 0 unspecified atom stereocenters. The molecular formula is C18H18N8. The lowest BCUT2D eigenvalue weighted by Crippen LogP contribution is -2.25. The van der Waals surface area contributed by atoms with Crippen molar-refractivity contribution in [1.82, 2.24) is 35.0 Å². The molecule has 8 heteroatoms. The van der Waals surface area contributed by atoms with Gasteiger partial charge in [-0.2, -0.15) is 9.78 Å². The minimum Gasteiger partial charge on any atom is -0.336 e. The van der Waals surface area contributed by atoms with Gasteiger partial charge < -0.3 is 4.90 Å². The first kappa shape index (κ1) is 15.9. The van der Waals surface area contributed by atoms with Gasteiger partial charge in [-0.25, -0.2) is 9.67 Å². The molecule has 1 atom stereocenters. The second-order valence-electron chi connectivity index (χ2n) is 5.94. The van der Waals surface area contributed by atoms with Gasteiger partial charge in [-0.1, -0.05) is 35.4 Å². The van der Waals surface area contributed by atoms with E-state index in [1.54, 1.807) is 15.7 Å². The normalized spacial score (nSPS) is 12.1. The summed E-state index contributed by atoms with van der Waals surface area (Å²) in [6.45, 7) is 2.12. The lowest BCUT2D eigenvalue weighted by atomic mass is 10.1. The molecule has 0 aliphatic rings. The van der Waals surface area contributed by atoms with Crippen LogP contribution in [0.2, 0.25) is 0 Å². The van der Waals surface area contributed by atoms with Crippen LogP contribution in [0.1, 0.15) is 18.5 Å². The summed E-state index contributed by atoms with van der Waals surface area (Å²) < 4.78 is 3.47. The zero-order valence-electron chi connectivity index (χ0n) is 14.5. The molecule has 0 saturated heterocycles. The maximum Gasteiger partial charge on any atom is 0.250 e. The van der Waals surface area contributed by atoms with Crippen molar-refractivity contribution in [3.63, 3.8) is 0 Å². The van der Waals surface area contributed by atoms with Gasteiger partial charge in [0.25, 0.3) is 5.95 Å². The number of para-hydroxylation sites is 1. The van der Waals surface area contributed by atoms with Crippen molar-refractivity contribution in [2.24, 2.45) is 0 Å². The van der Waals surface area contributed by atoms with Gasteiger partial charge >= 0.3 is 0 Å². The summed E-state index contributed by atoms with van der Waals surface area (Å²) in [6.07, 6.45) is 3.20. The van der Waals surface area contributed by atoms with Crippen LogP contribution < -0.4 is 4.90 Å². The minimum absolute atomic E-state index is 0.0910. The van der Waals surface area contributed by atoms with Crippen molar-refractivity contribution >= 4 is 5.95 Å². The van der Waals surface area contributed by atoms with Crippen molar-refractivity contribution in [3.8, 4) is 11.4 Å². The zero-order chi connectivity index (χ0) is 17.9. The van der Waals surface area contributed by atoms with E-state index >= 15 is 0 Å². The van der Waals surface area contributed by atoms with Gasteiger partial charge in [-0.05, 0) is 47.2 Å². The van der Waals surface area contributed by atoms with E-state index in [2.05, 4.69) is 49.6 Å². The van der Waals surface area contributed by atoms with E-state index in [1.807, 2.05) is 49.5 Å². The van der Waals surface area contributed by atoms with Crippen molar-refractivity contribution < 1.29 is 0 Å². The van der Waals surface area contributed by atoms with Crippen molar-refractivity contribution in [2.75, 3.05) is 11.9 Å². The summed E-state index contributed by atoms with van der Waals surface area (Å²) in [4.78, 5) is 6.03. The second kappa shape index (κ2) is 6.75. The zero-order valence-corrected chi connectivity index (χ0v) is 14.5. The Kier molecular flexibility index (Phi) is 4.14. The van der Waals surface area contributed by atoms with Crippen LogP contribution >= 0.6 is 0 Å². The fourth-order valence-corrected chi connectivity index (χ4v) is 2.78. The maximum atomic E-state index is 4.20. The molecule has 26 heavy (non-hydrogen) atoms. The average molecular weight is 346 g/mol. The number of aromatic nitrogens is 7. The monoisotopic (exact) mass is 346 g/mol. The van der Waals surface area contributed by atoms with Crippen LogP contribution in [-0.2, 0) is 0 Å². The lowest BCUT2D eigenvalue weighted by molar-refractivity contribution is 0.695. The van der Waals surface area contributed by atoms with Crippen molar-refractivity contribution in [1.29, 1.82) is 0 Å². The van der Waals surface area contributed by atoms with Gasteiger partial charge in [0.15, 0.2) is 0 Å². The fourth-order valence-electron chi connectivity index (χ4n) is 2.78. The molecule has 2 aromatic heterocycles. The van der Waals surface area contributed by atoms with E-state index in [-0.39, 0.29) is 6.04 Å². The van der Waals surface area contributed by atoms with Gasteiger partial charge in [-0.15, -0.1) is 0 Å². The summed E-state index contributed by atoms with van der Waals surface area (Å²) in [5, 5.41) is 16.3. The van der Waals surface area contributed by atoms with Crippen LogP contribution in [0.15, 0.2) is 67.3 Å². The Bertz CT molecular complexity index is 960. The Morgan fingerprint density at radius 3 is 2.42 bits per heavy atom. The molecule has 0 bridgehead atoms. The van der Waals surface area contributed by atoms with Gasteiger partial charge in [-0.3, -0.25) is 0 Å². The first-order valence-electron chi connectivity index (χ1n) is 8.25. The highest BCUT2D eigenvalue weighted by Crippen LogP contribution is 2.25. The van der Waals surface area contributed by atoms with E-state index < -0.39 is 0 Å². The molecule has 4 aromatic rings. The quantitative estimate of drug-likeness (QED) is 0.552. The Labute approximate surface area is 150 Å². The Balaban J connectivity index is 1.59. The third-order valence-electron chi connectivity index (χ3n) is 4.41. The summed E-state index contributed by atoms with van der Waals surface area (Å²) in [5.74, 6) is 0.684. The Hall–Kier alpha value is -3.55. The molecule has 0 aliphatic carbocycles. The van der Waals surface area contributed by atoms with Crippen LogP contribution in [0, 0.1) is 0 Å². The number of hydrogen-bond acceptors (Lipinski definition) is 6. The molecule has 0 saturated carbocycles. The molecule has 0 spiro atoms. The van der Waals surface area contributed by atoms with Gasteiger partial charge in [0.2, 0.25) is 0 Å². The predicted molar refractivity (Wildman–Crippen MR) is 97.3 cm³/mol. The van der Waals surface area contributed by atoms with Gasteiger partial charge in [0.1, 0.15) is 12.7 Å². The predicted octanol–water partition coefficient (Wildman–Crippen LogP) is 2.44. The highest BCUT2D eigenvalue weighted by Gasteiger charge is 2.19. The molecule has 0 fully saturated rings. The second-order valence-corrected chi connectivity index (χ2v) is 5.94. The molecular weight excluding hydrogens is 328 g/mol. The average Bonchev–Trinajstić information content (AvgIpc) is 3.39. The van der Waals surface area contributed by atoms with Gasteiger partial charge in [0.05, 0.1) is 17.4 Å². The molecule has 8 nitrogen and oxygen atoms in total. The number of benzene rings is 2. The van der Waals surface area contributed by atoms with E-state index in [9.17, 15) is 0 Å². The highest BCUT2D eigenvalue weighted by molar-refractivity contribution is 5.43. The fraction of sp³-hybridized carbons (Fsp3) is 0.167. The summed E-state index contributed by atoms with van der Waals surface area (Å²) in [7, 11) is 1.99. The SMILES string of the molecule is C[C@@H](c1ccc(-n2cncn2)cc1)N(C)c1nnnn1-c1ccccc1. The Morgan fingerprint density at radius 2 is 1.73 bits per heavy atom. The summed E-state index contributed by atoms with van der Waals surface area (Å²) in [6, 6.07) is 18.1. The smallest absolute Gasteiger partial charge is 0.250 e. The maximum absolute atomic E-state index is 4.20. The number of nitrogens with zero attached hydrogens (tertiary/aromatic N) is 8. The van der Waals surface area contributed by atoms with Crippen molar-refractivity contribution in [2.45, 2.75) is 13.0 Å². The third kappa shape index (κ3) is 2.92. The van der Waals surface area contributed by atoms with E-state index in [0.717, 1.165) is 16.9 Å². The first-order valence-corrected chi connectivity index (χ1v) is 8.25. The van der Waals surface area contributed by atoms with Crippen LogP contribution in [-0.4, -0.2) is 42.0 Å². The molecule has 0 N–H and O–H groups in total. The highest BCUT2D eigenvalue weighted by atomic mass is 15.6. The standard InChI is InChI=1S/C18H18N8/c1-14(15-8-10-16(11-9-15)25-13-19-12-20-25)24(2)18-21-22-23-26(18)17-6-4-3-5-7-17/h3-14H,1-2H3/t14-/m0/s1. The number of tetrazole rings is 1. The largest absolute Gasteiger partial charge is 0.336 e. The minimum atomic E-state index is 0.0910. The van der Waals surface area contributed by atoms with E-state index in [1.165, 1.54) is 6.33 Å². The molecule has 0 amide bonds. The van der Waals surface area contributed by atoms with E-state index in [0.29, 0.717) is 5.95 Å². The molecule has 0 aliphatic heterocycles. The summed E-state index contributed by atoms with van der Waals surface area (Å²) >= 11 is 0. The molecule has 130 valence electrons. The van der Waals surface area contributed by atoms with Crippen LogP contribution in [0.25, 0.3) is 11.4 Å². The topological polar surface area (TPSA) is 77.6 Å². The lowest BCUT2D eigenvalue weighted by Gasteiger charge is -2.25. The number of hydrogen-bond donors (Lipinski definition) is 0. The Morgan fingerprint density at radius 1 is 0.962 bits per heavy atom. The summed E-state index contributed by atoms with van der Waals surface area (Å²) in [5.41, 5.74) is 3.04. The third-order valence-corrected chi connectivity index (χ3v) is 4.41. The number of rotatable bonds is 5. The molecule has 4 rings (SSSR count). The number of anilines is 1. The molecule has 2 heterocycles. The van der Waals surface area contributed by atoms with Crippen LogP contribution in [0.5, 0.6) is 0 Å². The van der Waals surface area contributed by atoms with Crippen LogP contribution in [0.3, 0.4) is 0 Å².